The fourth-order valence-corrected chi connectivity index (χ4v) is 7.19. The van der Waals surface area contributed by atoms with E-state index in [1.807, 2.05) is 43.3 Å². The molecule has 0 bridgehead atoms. The summed E-state index contributed by atoms with van der Waals surface area (Å²) in [4.78, 5) is 57.3. The first kappa shape index (κ1) is 25.4. The van der Waals surface area contributed by atoms with Crippen LogP contribution in [0, 0.1) is 5.41 Å². The van der Waals surface area contributed by atoms with Crippen LogP contribution in [-0.2, 0) is 0 Å². The van der Waals surface area contributed by atoms with E-state index in [0.717, 1.165) is 45.2 Å². The van der Waals surface area contributed by atoms with Gasteiger partial charge in [0, 0.05) is 45.6 Å². The summed E-state index contributed by atoms with van der Waals surface area (Å²) < 4.78 is 0. The molecule has 204 valence electrons. The number of nitrogens with zero attached hydrogens (tertiary/aromatic N) is 2. The van der Waals surface area contributed by atoms with Crippen LogP contribution in [0.3, 0.4) is 0 Å². The minimum absolute atomic E-state index is 0.142. The Balaban J connectivity index is 1.52. The van der Waals surface area contributed by atoms with Crippen molar-refractivity contribution >= 4 is 66.7 Å². The average molecular weight is 543 g/mol. The molecule has 0 spiro atoms. The molecule has 0 fully saturated rings. The van der Waals surface area contributed by atoms with E-state index >= 15 is 0 Å². The van der Waals surface area contributed by atoms with Gasteiger partial charge in [-0.15, -0.1) is 6.58 Å². The number of hydrogen-bond acceptors (Lipinski definition) is 4. The average Bonchev–Trinajstić information content (AvgIpc) is 2.96. The molecule has 0 saturated heterocycles. The molecule has 0 saturated carbocycles. The molecule has 2 aliphatic heterocycles. The Kier molecular flexibility index (Phi) is 5.24. The topological polar surface area (TPSA) is 74.8 Å². The maximum Gasteiger partial charge on any atom is 0.261 e. The molecule has 0 radical (unpaired) electrons. The maximum atomic E-state index is 14.0. The molecule has 7 rings (SSSR count). The smallest absolute Gasteiger partial charge is 0.261 e. The molecule has 0 aromatic heterocycles. The third-order valence-corrected chi connectivity index (χ3v) is 9.48. The second kappa shape index (κ2) is 8.46. The van der Waals surface area contributed by atoms with Crippen LogP contribution in [0.4, 0.5) is 0 Å². The number of rotatable bonds is 6. The van der Waals surface area contributed by atoms with E-state index in [1.165, 1.54) is 9.80 Å². The van der Waals surface area contributed by atoms with Gasteiger partial charge in [0.1, 0.15) is 0 Å². The molecule has 5 aromatic carbocycles. The van der Waals surface area contributed by atoms with Gasteiger partial charge in [0.2, 0.25) is 0 Å². The molecular formula is C35H30N2O4. The fourth-order valence-electron chi connectivity index (χ4n) is 7.19. The van der Waals surface area contributed by atoms with Crippen molar-refractivity contribution in [2.24, 2.45) is 5.41 Å². The number of hydrogen-bond donors (Lipinski definition) is 0. The van der Waals surface area contributed by atoms with Gasteiger partial charge in [0.15, 0.2) is 0 Å². The lowest BCUT2D eigenvalue weighted by molar-refractivity contribution is 0.0404. The quantitative estimate of drug-likeness (QED) is 0.0974. The Labute approximate surface area is 237 Å². The van der Waals surface area contributed by atoms with Crippen molar-refractivity contribution in [3.8, 4) is 0 Å². The van der Waals surface area contributed by atoms with Gasteiger partial charge in [0.25, 0.3) is 23.6 Å². The first-order valence-corrected chi connectivity index (χ1v) is 14.2. The first-order valence-electron chi connectivity index (χ1n) is 14.2. The third-order valence-electron chi connectivity index (χ3n) is 9.48. The van der Waals surface area contributed by atoms with E-state index in [9.17, 15) is 19.2 Å². The van der Waals surface area contributed by atoms with Crippen molar-refractivity contribution in [1.82, 2.24) is 9.80 Å². The van der Waals surface area contributed by atoms with E-state index in [1.54, 1.807) is 18.2 Å². The molecule has 4 amide bonds. The van der Waals surface area contributed by atoms with Gasteiger partial charge in [-0.3, -0.25) is 29.0 Å². The van der Waals surface area contributed by atoms with E-state index in [-0.39, 0.29) is 41.6 Å². The second-order valence-corrected chi connectivity index (χ2v) is 12.0. The standard InChI is InChI=1S/C35H30N2O4/c1-6-16-35(4,5)18(3)37-33(40)25-14-10-21-19-8-12-23-29-24(32(39)36(17-7-2)31(23)38)13-9-20(27(19)29)22-11-15-26(34(37)41)30(25)28(21)22/h7-15,18H,2,6,16-17H2,1,3-5H3. The zero-order valence-corrected chi connectivity index (χ0v) is 23.6. The van der Waals surface area contributed by atoms with E-state index in [4.69, 9.17) is 0 Å². The van der Waals surface area contributed by atoms with E-state index in [2.05, 4.69) is 27.4 Å². The number of carbonyl (C=O) groups is 4. The van der Waals surface area contributed by atoms with Gasteiger partial charge in [0.05, 0.1) is 0 Å². The molecule has 6 nitrogen and oxygen atoms in total. The normalized spacial score (nSPS) is 16.2. The molecule has 2 aliphatic rings. The summed E-state index contributed by atoms with van der Waals surface area (Å²) in [7, 11) is 0. The Morgan fingerprint density at radius 1 is 0.683 bits per heavy atom. The zero-order valence-electron chi connectivity index (χ0n) is 23.6. The van der Waals surface area contributed by atoms with E-state index in [0.29, 0.717) is 33.0 Å². The number of amides is 4. The van der Waals surface area contributed by atoms with Crippen LogP contribution in [0.25, 0.3) is 43.1 Å². The monoisotopic (exact) mass is 542 g/mol. The molecule has 0 aliphatic carbocycles. The number of imide groups is 2. The third kappa shape index (κ3) is 3.13. The maximum absolute atomic E-state index is 14.0. The number of benzene rings is 5. The van der Waals surface area contributed by atoms with Crippen LogP contribution in [0.2, 0.25) is 0 Å². The van der Waals surface area contributed by atoms with Gasteiger partial charge < -0.3 is 0 Å². The summed E-state index contributed by atoms with van der Waals surface area (Å²) in [5, 5.41) is 6.58. The SMILES string of the molecule is C=CCN1C(=O)c2ccc3c4ccc5c6c(ccc(c7ccc(c2c37)C1=O)c64)C(=O)N(C(C)C(C)(C)CCC)C5=O. The summed E-state index contributed by atoms with van der Waals surface area (Å²) in [6, 6.07) is 14.7. The zero-order chi connectivity index (χ0) is 29.0. The van der Waals surface area contributed by atoms with Crippen LogP contribution >= 0.6 is 0 Å². The lowest BCUT2D eigenvalue weighted by Crippen LogP contribution is -2.51. The fraction of sp³-hybridized carbons (Fsp3) is 0.257. The summed E-state index contributed by atoms with van der Waals surface area (Å²) in [5.41, 5.74) is 1.80. The minimum atomic E-state index is -0.335. The summed E-state index contributed by atoms with van der Waals surface area (Å²) in [6.45, 7) is 12.1. The molecular weight excluding hydrogens is 512 g/mol. The van der Waals surface area contributed by atoms with Crippen molar-refractivity contribution in [1.29, 1.82) is 0 Å². The van der Waals surface area contributed by atoms with Crippen molar-refractivity contribution in [2.45, 2.75) is 46.6 Å². The number of fused-ring (bicyclic) bond motifs is 2. The molecule has 6 heteroatoms. The molecule has 5 aromatic rings. The van der Waals surface area contributed by atoms with Gasteiger partial charge in [-0.1, -0.05) is 57.5 Å². The second-order valence-electron chi connectivity index (χ2n) is 12.0. The largest absolute Gasteiger partial charge is 0.271 e. The highest BCUT2D eigenvalue weighted by molar-refractivity contribution is 6.41. The van der Waals surface area contributed by atoms with Crippen molar-refractivity contribution in [2.75, 3.05) is 6.54 Å². The summed E-state index contributed by atoms with van der Waals surface area (Å²) >= 11 is 0. The minimum Gasteiger partial charge on any atom is -0.271 e. The molecule has 1 unspecified atom stereocenters. The van der Waals surface area contributed by atoms with Gasteiger partial charge in [-0.05, 0) is 75.3 Å². The molecule has 2 heterocycles. The van der Waals surface area contributed by atoms with Gasteiger partial charge in [-0.2, -0.15) is 0 Å². The summed E-state index contributed by atoms with van der Waals surface area (Å²) in [5.74, 6) is -1.20. The van der Waals surface area contributed by atoms with Crippen molar-refractivity contribution in [3.63, 3.8) is 0 Å². The first-order chi connectivity index (χ1) is 19.6. The Morgan fingerprint density at radius 3 is 1.44 bits per heavy atom. The molecule has 1 atom stereocenters. The highest BCUT2D eigenvalue weighted by Crippen LogP contribution is 2.47. The van der Waals surface area contributed by atoms with Crippen LogP contribution in [0.15, 0.2) is 61.2 Å². The van der Waals surface area contributed by atoms with Crippen LogP contribution in [-0.4, -0.2) is 46.0 Å². The van der Waals surface area contributed by atoms with E-state index < -0.39 is 0 Å². The van der Waals surface area contributed by atoms with Crippen LogP contribution in [0.5, 0.6) is 0 Å². The highest BCUT2D eigenvalue weighted by atomic mass is 16.2. The predicted octanol–water partition coefficient (Wildman–Crippen LogP) is 7.33. The number of carbonyl (C=O) groups excluding carboxylic acids is 4. The van der Waals surface area contributed by atoms with Crippen LogP contribution < -0.4 is 0 Å². The van der Waals surface area contributed by atoms with Gasteiger partial charge >= 0.3 is 0 Å². The summed E-state index contributed by atoms with van der Waals surface area (Å²) in [6.07, 6.45) is 3.41. The Bertz CT molecular complexity index is 1920. The Hall–Kier alpha value is -4.58. The predicted molar refractivity (Wildman–Crippen MR) is 162 cm³/mol. The van der Waals surface area contributed by atoms with Crippen LogP contribution in [0.1, 0.15) is 82.0 Å². The Morgan fingerprint density at radius 2 is 1.07 bits per heavy atom. The van der Waals surface area contributed by atoms with Crippen molar-refractivity contribution < 1.29 is 19.2 Å². The lowest BCUT2D eigenvalue weighted by Gasteiger charge is -2.41. The highest BCUT2D eigenvalue weighted by Gasteiger charge is 2.42. The van der Waals surface area contributed by atoms with Crippen molar-refractivity contribution in [3.05, 3.63) is 83.4 Å². The molecule has 0 N–H and O–H groups in total. The van der Waals surface area contributed by atoms with Gasteiger partial charge in [-0.25, -0.2) is 0 Å². The lowest BCUT2D eigenvalue weighted by atomic mass is 9.78. The molecule has 41 heavy (non-hydrogen) atoms.